The molecule has 2 atom stereocenters. The van der Waals surface area contributed by atoms with Gasteiger partial charge in [0.2, 0.25) is 0 Å². The number of hydrogen-bond donors (Lipinski definition) is 1. The summed E-state index contributed by atoms with van der Waals surface area (Å²) in [7, 11) is 0. The molecule has 3 nitrogen and oxygen atoms in total. The molecule has 0 radical (unpaired) electrons. The van der Waals surface area contributed by atoms with E-state index in [1.165, 1.54) is 12.8 Å². The second-order valence-corrected chi connectivity index (χ2v) is 5.44. The first-order valence-corrected chi connectivity index (χ1v) is 5.42. The third-order valence-electron chi connectivity index (χ3n) is 3.04. The Morgan fingerprint density at radius 3 is 2.79 bits per heavy atom. The SMILES string of the molecule is CC(C)(C)OC(=O)C12CC1CCCN2. The molecule has 0 aromatic carbocycles. The van der Waals surface area contributed by atoms with Crippen molar-refractivity contribution in [1.82, 2.24) is 5.32 Å². The summed E-state index contributed by atoms with van der Waals surface area (Å²) < 4.78 is 5.42. The minimum absolute atomic E-state index is 0.0466. The Kier molecular flexibility index (Phi) is 2.11. The minimum atomic E-state index is -0.363. The number of hydrogen-bond acceptors (Lipinski definition) is 3. The lowest BCUT2D eigenvalue weighted by Crippen LogP contribution is -2.47. The molecule has 2 fully saturated rings. The quantitative estimate of drug-likeness (QED) is 0.647. The van der Waals surface area contributed by atoms with Crippen LogP contribution in [0.2, 0.25) is 0 Å². The van der Waals surface area contributed by atoms with Crippen LogP contribution in [0.4, 0.5) is 0 Å². The molecule has 1 N–H and O–H groups in total. The van der Waals surface area contributed by atoms with Gasteiger partial charge in [-0.3, -0.25) is 4.79 Å². The van der Waals surface area contributed by atoms with E-state index in [-0.39, 0.29) is 17.1 Å². The molecule has 2 aliphatic rings. The molecule has 0 amide bonds. The Hall–Kier alpha value is -0.570. The molecule has 0 spiro atoms. The van der Waals surface area contributed by atoms with Crippen molar-refractivity contribution < 1.29 is 9.53 Å². The monoisotopic (exact) mass is 197 g/mol. The van der Waals surface area contributed by atoms with Crippen LogP contribution in [0.25, 0.3) is 0 Å². The van der Waals surface area contributed by atoms with E-state index in [1.54, 1.807) is 0 Å². The van der Waals surface area contributed by atoms with Gasteiger partial charge in [-0.05, 0) is 52.5 Å². The Labute approximate surface area is 85.2 Å². The van der Waals surface area contributed by atoms with Gasteiger partial charge in [-0.2, -0.15) is 0 Å². The molecule has 80 valence electrons. The van der Waals surface area contributed by atoms with Crippen molar-refractivity contribution >= 4 is 5.97 Å². The van der Waals surface area contributed by atoms with Crippen molar-refractivity contribution in [3.8, 4) is 0 Å². The summed E-state index contributed by atoms with van der Waals surface area (Å²) in [6.45, 7) is 6.71. The van der Waals surface area contributed by atoms with Gasteiger partial charge in [-0.25, -0.2) is 0 Å². The highest BCUT2D eigenvalue weighted by Crippen LogP contribution is 2.50. The lowest BCUT2D eigenvalue weighted by atomic mass is 10.0. The average Bonchev–Trinajstić information content (AvgIpc) is 2.75. The number of esters is 1. The molecule has 1 aliphatic carbocycles. The molecular formula is C11H19NO2. The van der Waals surface area contributed by atoms with Crippen molar-refractivity contribution in [3.63, 3.8) is 0 Å². The number of nitrogens with one attached hydrogen (secondary N) is 1. The van der Waals surface area contributed by atoms with E-state index < -0.39 is 0 Å². The van der Waals surface area contributed by atoms with E-state index in [0.29, 0.717) is 5.92 Å². The first-order valence-electron chi connectivity index (χ1n) is 5.42. The van der Waals surface area contributed by atoms with Crippen molar-refractivity contribution in [2.45, 2.75) is 51.2 Å². The normalized spacial score (nSPS) is 36.1. The Morgan fingerprint density at radius 2 is 2.21 bits per heavy atom. The number of fused-ring (bicyclic) bond motifs is 1. The molecule has 2 rings (SSSR count). The van der Waals surface area contributed by atoms with Crippen LogP contribution in [0.3, 0.4) is 0 Å². The van der Waals surface area contributed by atoms with Crippen molar-refractivity contribution in [1.29, 1.82) is 0 Å². The van der Waals surface area contributed by atoms with E-state index in [2.05, 4.69) is 5.32 Å². The first-order chi connectivity index (χ1) is 6.44. The van der Waals surface area contributed by atoms with E-state index in [0.717, 1.165) is 13.0 Å². The van der Waals surface area contributed by atoms with Crippen LogP contribution in [-0.4, -0.2) is 23.7 Å². The van der Waals surface area contributed by atoms with E-state index in [4.69, 9.17) is 4.74 Å². The van der Waals surface area contributed by atoms with Gasteiger partial charge in [-0.1, -0.05) is 0 Å². The predicted octanol–water partition coefficient (Wildman–Crippen LogP) is 1.47. The van der Waals surface area contributed by atoms with Gasteiger partial charge in [0, 0.05) is 0 Å². The Bertz CT molecular complexity index is 257. The minimum Gasteiger partial charge on any atom is -0.459 e. The van der Waals surface area contributed by atoms with E-state index in [9.17, 15) is 4.79 Å². The number of rotatable bonds is 1. The third kappa shape index (κ3) is 1.65. The molecule has 3 heteroatoms. The maximum Gasteiger partial charge on any atom is 0.327 e. The summed E-state index contributed by atoms with van der Waals surface area (Å²) in [5.74, 6) is 0.487. The molecule has 1 heterocycles. The van der Waals surface area contributed by atoms with E-state index in [1.807, 2.05) is 20.8 Å². The smallest absolute Gasteiger partial charge is 0.327 e. The maximum atomic E-state index is 11.9. The molecule has 0 aromatic heterocycles. The highest BCUT2D eigenvalue weighted by atomic mass is 16.6. The molecule has 1 aliphatic heterocycles. The lowest BCUT2D eigenvalue weighted by Gasteiger charge is -2.27. The second kappa shape index (κ2) is 2.96. The van der Waals surface area contributed by atoms with Crippen LogP contribution in [0.5, 0.6) is 0 Å². The summed E-state index contributed by atoms with van der Waals surface area (Å²) in [5, 5.41) is 3.32. The van der Waals surface area contributed by atoms with Gasteiger partial charge in [0.15, 0.2) is 0 Å². The summed E-state index contributed by atoms with van der Waals surface area (Å²) in [5.41, 5.74) is -0.663. The fourth-order valence-electron chi connectivity index (χ4n) is 2.25. The van der Waals surface area contributed by atoms with Crippen LogP contribution in [0.1, 0.15) is 40.0 Å². The molecule has 1 saturated heterocycles. The van der Waals surface area contributed by atoms with Gasteiger partial charge >= 0.3 is 5.97 Å². The van der Waals surface area contributed by atoms with Crippen molar-refractivity contribution in [2.24, 2.45) is 5.92 Å². The molecule has 14 heavy (non-hydrogen) atoms. The van der Waals surface area contributed by atoms with Gasteiger partial charge in [0.05, 0.1) is 0 Å². The van der Waals surface area contributed by atoms with Gasteiger partial charge in [-0.15, -0.1) is 0 Å². The zero-order valence-corrected chi connectivity index (χ0v) is 9.22. The predicted molar refractivity (Wildman–Crippen MR) is 53.9 cm³/mol. The zero-order chi connectivity index (χ0) is 10.4. The van der Waals surface area contributed by atoms with Gasteiger partial charge in [0.25, 0.3) is 0 Å². The van der Waals surface area contributed by atoms with Gasteiger partial charge < -0.3 is 10.1 Å². The molecule has 2 unspecified atom stereocenters. The fraction of sp³-hybridized carbons (Fsp3) is 0.909. The number of piperidine rings is 1. The average molecular weight is 197 g/mol. The number of carbonyl (C=O) groups excluding carboxylic acids is 1. The van der Waals surface area contributed by atoms with Crippen LogP contribution in [0.15, 0.2) is 0 Å². The highest BCUT2D eigenvalue weighted by Gasteiger charge is 2.62. The maximum absolute atomic E-state index is 11.9. The first kappa shape index (κ1) is 9.97. The summed E-state index contributed by atoms with van der Waals surface area (Å²) in [6.07, 6.45) is 3.34. The third-order valence-corrected chi connectivity index (χ3v) is 3.04. The molecular weight excluding hydrogens is 178 g/mol. The van der Waals surface area contributed by atoms with Crippen LogP contribution >= 0.6 is 0 Å². The van der Waals surface area contributed by atoms with Crippen LogP contribution in [0, 0.1) is 5.92 Å². The Morgan fingerprint density at radius 1 is 1.50 bits per heavy atom. The number of ether oxygens (including phenoxy) is 1. The zero-order valence-electron chi connectivity index (χ0n) is 9.22. The Balaban J connectivity index is 1.99. The van der Waals surface area contributed by atoms with Gasteiger partial charge in [0.1, 0.15) is 11.1 Å². The van der Waals surface area contributed by atoms with Crippen LogP contribution in [-0.2, 0) is 9.53 Å². The largest absolute Gasteiger partial charge is 0.459 e. The second-order valence-electron chi connectivity index (χ2n) is 5.44. The highest BCUT2D eigenvalue weighted by molar-refractivity contribution is 5.85. The summed E-state index contributed by atoms with van der Waals surface area (Å²) in [4.78, 5) is 11.9. The fourth-order valence-corrected chi connectivity index (χ4v) is 2.25. The standard InChI is InChI=1S/C11H19NO2/c1-10(2,3)14-9(13)11-7-8(11)5-4-6-12-11/h8,12H,4-7H2,1-3H3. The molecule has 1 saturated carbocycles. The molecule has 0 aromatic rings. The molecule has 0 bridgehead atoms. The summed E-state index contributed by atoms with van der Waals surface area (Å²) >= 11 is 0. The van der Waals surface area contributed by atoms with Crippen LogP contribution < -0.4 is 5.32 Å². The topological polar surface area (TPSA) is 38.3 Å². The van der Waals surface area contributed by atoms with Crippen molar-refractivity contribution in [2.75, 3.05) is 6.54 Å². The van der Waals surface area contributed by atoms with Crippen molar-refractivity contribution in [3.05, 3.63) is 0 Å². The number of carbonyl (C=O) groups is 1. The van der Waals surface area contributed by atoms with E-state index >= 15 is 0 Å². The summed E-state index contributed by atoms with van der Waals surface area (Å²) in [6, 6.07) is 0. The lowest BCUT2D eigenvalue weighted by molar-refractivity contribution is -0.159.